The van der Waals surface area contributed by atoms with E-state index in [1.54, 1.807) is 18.3 Å². The van der Waals surface area contributed by atoms with Gasteiger partial charge in [0.25, 0.3) is 5.91 Å². The van der Waals surface area contributed by atoms with E-state index in [2.05, 4.69) is 22.7 Å². The van der Waals surface area contributed by atoms with E-state index in [4.69, 9.17) is 5.84 Å². The van der Waals surface area contributed by atoms with Gasteiger partial charge in [-0.2, -0.15) is 0 Å². The average molecular weight is 270 g/mol. The van der Waals surface area contributed by atoms with Crippen LogP contribution in [0.15, 0.2) is 36.5 Å². The molecule has 0 aliphatic heterocycles. The minimum Gasteiger partial charge on any atom is -0.324 e. The zero-order valence-corrected chi connectivity index (χ0v) is 11.6. The molecule has 0 fully saturated rings. The molecule has 0 aliphatic carbocycles. The summed E-state index contributed by atoms with van der Waals surface area (Å²) in [5.74, 6) is 5.09. The molecule has 1 heterocycles. The van der Waals surface area contributed by atoms with Gasteiger partial charge >= 0.3 is 0 Å². The summed E-state index contributed by atoms with van der Waals surface area (Å²) in [5.41, 5.74) is 6.46. The van der Waals surface area contributed by atoms with E-state index in [-0.39, 0.29) is 5.91 Å². The molecule has 0 saturated carbocycles. The quantitative estimate of drug-likeness (QED) is 0.589. The molecule has 1 aromatic carbocycles. The number of amides is 1. The third-order valence-corrected chi connectivity index (χ3v) is 3.14. The maximum absolute atomic E-state index is 12.3. The van der Waals surface area contributed by atoms with Crippen LogP contribution in [0.4, 0.5) is 11.4 Å². The summed E-state index contributed by atoms with van der Waals surface area (Å²) in [5, 5.41) is 2.93. The van der Waals surface area contributed by atoms with Crippen molar-refractivity contribution in [3.8, 4) is 0 Å². The highest BCUT2D eigenvalue weighted by Gasteiger charge is 2.12. The summed E-state index contributed by atoms with van der Waals surface area (Å²) in [6.07, 6.45) is 2.40. The van der Waals surface area contributed by atoms with Gasteiger partial charge in [-0.15, -0.1) is 0 Å². The van der Waals surface area contributed by atoms with Gasteiger partial charge in [0.15, 0.2) is 0 Å². The van der Waals surface area contributed by atoms with Crippen LogP contribution in [0.5, 0.6) is 0 Å². The van der Waals surface area contributed by atoms with Gasteiger partial charge in [0.05, 0.1) is 5.69 Å². The second-order valence-electron chi connectivity index (χ2n) is 4.49. The smallest absolute Gasteiger partial charge is 0.274 e. The highest BCUT2D eigenvalue weighted by Crippen LogP contribution is 2.21. The molecular weight excluding hydrogens is 252 g/mol. The molecule has 1 amide bonds. The van der Waals surface area contributed by atoms with Crippen molar-refractivity contribution in [2.45, 2.75) is 20.3 Å². The Labute approximate surface area is 118 Å². The maximum atomic E-state index is 12.3. The number of carbonyl (C=O) groups is 1. The number of nitrogen functional groups attached to an aromatic ring is 1. The normalized spacial score (nSPS) is 10.2. The Morgan fingerprint density at radius 3 is 2.85 bits per heavy atom. The first-order chi connectivity index (χ1) is 9.65. The van der Waals surface area contributed by atoms with E-state index < -0.39 is 0 Å². The fourth-order valence-electron chi connectivity index (χ4n) is 2.02. The maximum Gasteiger partial charge on any atom is 0.274 e. The number of carbonyl (C=O) groups excluding carboxylic acids is 1. The van der Waals surface area contributed by atoms with Gasteiger partial charge in [0.1, 0.15) is 5.69 Å². The van der Waals surface area contributed by atoms with Gasteiger partial charge in [-0.05, 0) is 36.6 Å². The molecular formula is C15H18N4O. The number of anilines is 2. The summed E-state index contributed by atoms with van der Waals surface area (Å²) in [6, 6.07) is 9.27. The Balaban J connectivity index is 2.27. The van der Waals surface area contributed by atoms with Crippen molar-refractivity contribution >= 4 is 17.3 Å². The number of nitrogens with two attached hydrogens (primary N) is 1. The molecule has 104 valence electrons. The lowest BCUT2D eigenvalue weighted by Crippen LogP contribution is -2.16. The number of hydrogen-bond donors (Lipinski definition) is 3. The zero-order valence-electron chi connectivity index (χ0n) is 11.6. The van der Waals surface area contributed by atoms with E-state index >= 15 is 0 Å². The third kappa shape index (κ3) is 2.95. The van der Waals surface area contributed by atoms with Crippen molar-refractivity contribution in [2.75, 3.05) is 10.7 Å². The minimum atomic E-state index is -0.244. The first kappa shape index (κ1) is 14.0. The van der Waals surface area contributed by atoms with Crippen LogP contribution < -0.4 is 16.6 Å². The van der Waals surface area contributed by atoms with Gasteiger partial charge in [-0.25, -0.2) is 0 Å². The molecule has 5 nitrogen and oxygen atoms in total. The van der Waals surface area contributed by atoms with Gasteiger partial charge in [-0.1, -0.05) is 25.1 Å². The van der Waals surface area contributed by atoms with Crippen molar-refractivity contribution in [1.29, 1.82) is 0 Å². The number of aryl methyl sites for hydroxylation is 2. The molecule has 0 spiro atoms. The van der Waals surface area contributed by atoms with Crippen LogP contribution in [0, 0.1) is 6.92 Å². The van der Waals surface area contributed by atoms with E-state index in [9.17, 15) is 4.79 Å². The van der Waals surface area contributed by atoms with Gasteiger partial charge in [0.2, 0.25) is 0 Å². The molecule has 0 bridgehead atoms. The Morgan fingerprint density at radius 2 is 2.15 bits per heavy atom. The summed E-state index contributed by atoms with van der Waals surface area (Å²) in [7, 11) is 0. The largest absolute Gasteiger partial charge is 0.324 e. The van der Waals surface area contributed by atoms with Gasteiger partial charge < -0.3 is 10.7 Å². The molecule has 0 radical (unpaired) electrons. The van der Waals surface area contributed by atoms with Gasteiger partial charge in [-0.3, -0.25) is 15.6 Å². The number of nitrogens with one attached hydrogen (secondary N) is 2. The number of hydrazine groups is 1. The number of pyridine rings is 1. The predicted molar refractivity (Wildman–Crippen MR) is 80.6 cm³/mol. The number of para-hydroxylation sites is 1. The number of rotatable bonds is 4. The molecule has 4 N–H and O–H groups in total. The molecule has 0 aliphatic rings. The third-order valence-electron chi connectivity index (χ3n) is 3.14. The Kier molecular flexibility index (Phi) is 4.32. The predicted octanol–water partition coefficient (Wildman–Crippen LogP) is 2.49. The molecule has 0 saturated heterocycles. The van der Waals surface area contributed by atoms with Crippen LogP contribution in [-0.2, 0) is 6.42 Å². The first-order valence-electron chi connectivity index (χ1n) is 6.48. The Hall–Kier alpha value is -2.40. The monoisotopic (exact) mass is 270 g/mol. The zero-order chi connectivity index (χ0) is 14.5. The summed E-state index contributed by atoms with van der Waals surface area (Å²) in [6.45, 7) is 4.03. The molecule has 0 atom stereocenters. The van der Waals surface area contributed by atoms with E-state index in [0.717, 1.165) is 23.2 Å². The molecule has 1 aromatic heterocycles. The lowest BCUT2D eigenvalue weighted by molar-refractivity contribution is 0.102. The van der Waals surface area contributed by atoms with E-state index in [0.29, 0.717) is 11.4 Å². The second-order valence-corrected chi connectivity index (χ2v) is 4.49. The molecule has 2 aromatic rings. The summed E-state index contributed by atoms with van der Waals surface area (Å²) >= 11 is 0. The van der Waals surface area contributed by atoms with E-state index in [1.165, 1.54) is 0 Å². The van der Waals surface area contributed by atoms with Crippen molar-refractivity contribution in [1.82, 2.24) is 4.98 Å². The van der Waals surface area contributed by atoms with E-state index in [1.807, 2.05) is 25.1 Å². The summed E-state index contributed by atoms with van der Waals surface area (Å²) < 4.78 is 0. The van der Waals surface area contributed by atoms with Crippen molar-refractivity contribution in [2.24, 2.45) is 5.84 Å². The van der Waals surface area contributed by atoms with Crippen LogP contribution in [0.2, 0.25) is 0 Å². The van der Waals surface area contributed by atoms with Crippen molar-refractivity contribution in [3.63, 3.8) is 0 Å². The minimum absolute atomic E-state index is 0.244. The van der Waals surface area contributed by atoms with Gasteiger partial charge in [0, 0.05) is 11.9 Å². The molecule has 5 heteroatoms. The molecule has 0 unspecified atom stereocenters. The fraction of sp³-hybridized carbons (Fsp3) is 0.200. The van der Waals surface area contributed by atoms with Crippen LogP contribution >= 0.6 is 0 Å². The standard InChI is InChI=1S/C15H18N4O/c1-3-11-6-4-5-10(2)14(11)18-15(20)13-9-12(19-16)7-8-17-13/h4-9H,3,16H2,1-2H3,(H,17,19)(H,18,20). The van der Waals surface area contributed by atoms with Crippen LogP contribution in [0.1, 0.15) is 28.5 Å². The van der Waals surface area contributed by atoms with Crippen LogP contribution in [0.25, 0.3) is 0 Å². The Bertz CT molecular complexity index is 625. The average Bonchev–Trinajstić information content (AvgIpc) is 2.49. The number of hydrogen-bond acceptors (Lipinski definition) is 4. The lowest BCUT2D eigenvalue weighted by Gasteiger charge is -2.13. The SMILES string of the molecule is CCc1cccc(C)c1NC(=O)c1cc(NN)ccn1. The highest BCUT2D eigenvalue weighted by molar-refractivity contribution is 6.04. The second kappa shape index (κ2) is 6.16. The first-order valence-corrected chi connectivity index (χ1v) is 6.48. The number of benzene rings is 1. The molecule has 20 heavy (non-hydrogen) atoms. The summed E-state index contributed by atoms with van der Waals surface area (Å²) in [4.78, 5) is 16.3. The number of aromatic nitrogens is 1. The number of nitrogens with zero attached hydrogens (tertiary/aromatic N) is 1. The van der Waals surface area contributed by atoms with Crippen molar-refractivity contribution < 1.29 is 4.79 Å². The van der Waals surface area contributed by atoms with Crippen molar-refractivity contribution in [3.05, 3.63) is 53.3 Å². The van der Waals surface area contributed by atoms with Crippen LogP contribution in [-0.4, -0.2) is 10.9 Å². The van der Waals surface area contributed by atoms with Crippen LogP contribution in [0.3, 0.4) is 0 Å². The topological polar surface area (TPSA) is 80.0 Å². The Morgan fingerprint density at radius 1 is 1.35 bits per heavy atom. The molecule has 2 rings (SSSR count). The highest BCUT2D eigenvalue weighted by atomic mass is 16.1. The fourth-order valence-corrected chi connectivity index (χ4v) is 2.02. The lowest BCUT2D eigenvalue weighted by atomic mass is 10.1.